The third-order valence-electron chi connectivity index (χ3n) is 3.19. The van der Waals surface area contributed by atoms with Gasteiger partial charge in [0.15, 0.2) is 0 Å². The lowest BCUT2D eigenvalue weighted by Gasteiger charge is -2.38. The van der Waals surface area contributed by atoms with Gasteiger partial charge in [-0.1, -0.05) is 0 Å². The van der Waals surface area contributed by atoms with Gasteiger partial charge in [-0.2, -0.15) is 0 Å². The monoisotopic (exact) mass is 231 g/mol. The summed E-state index contributed by atoms with van der Waals surface area (Å²) in [4.78, 5) is 11.9. The summed E-state index contributed by atoms with van der Waals surface area (Å²) in [6.45, 7) is 4.46. The molecule has 0 unspecified atom stereocenters. The van der Waals surface area contributed by atoms with Gasteiger partial charge >= 0.3 is 0 Å². The van der Waals surface area contributed by atoms with Gasteiger partial charge in [0.1, 0.15) is 5.60 Å². The van der Waals surface area contributed by atoms with E-state index >= 15 is 0 Å². The molecule has 0 aromatic carbocycles. The molecule has 5 heteroatoms. The standard InChI is InChI=1S/C11H21NO4/c1-10(2,15-3)9(14)12-11(8-13)4-6-16-7-5-11/h13H,4-8H2,1-3H3,(H,12,14). The lowest BCUT2D eigenvalue weighted by molar-refractivity contribution is -0.143. The van der Waals surface area contributed by atoms with Crippen LogP contribution in [-0.2, 0) is 14.3 Å². The molecule has 2 N–H and O–H groups in total. The number of ether oxygens (including phenoxy) is 2. The Morgan fingerprint density at radius 3 is 2.50 bits per heavy atom. The van der Waals surface area contributed by atoms with Crippen LogP contribution >= 0.6 is 0 Å². The van der Waals surface area contributed by atoms with Crippen LogP contribution in [0.3, 0.4) is 0 Å². The van der Waals surface area contributed by atoms with E-state index in [0.717, 1.165) is 0 Å². The normalized spacial score (nSPS) is 20.5. The van der Waals surface area contributed by atoms with Gasteiger partial charge in [0.2, 0.25) is 0 Å². The van der Waals surface area contributed by atoms with E-state index < -0.39 is 11.1 Å². The molecule has 0 bridgehead atoms. The highest BCUT2D eigenvalue weighted by Gasteiger charge is 2.38. The van der Waals surface area contributed by atoms with E-state index in [1.165, 1.54) is 7.11 Å². The highest BCUT2D eigenvalue weighted by atomic mass is 16.5. The molecule has 0 aliphatic carbocycles. The summed E-state index contributed by atoms with van der Waals surface area (Å²) >= 11 is 0. The second-order valence-corrected chi connectivity index (χ2v) is 4.72. The molecule has 1 saturated heterocycles. The maximum Gasteiger partial charge on any atom is 0.252 e. The van der Waals surface area contributed by atoms with E-state index in [1.54, 1.807) is 13.8 Å². The largest absolute Gasteiger partial charge is 0.394 e. The van der Waals surface area contributed by atoms with Crippen LogP contribution in [0.2, 0.25) is 0 Å². The lowest BCUT2D eigenvalue weighted by atomic mass is 9.90. The molecule has 16 heavy (non-hydrogen) atoms. The van der Waals surface area contributed by atoms with Gasteiger partial charge in [0.05, 0.1) is 12.1 Å². The minimum Gasteiger partial charge on any atom is -0.394 e. The van der Waals surface area contributed by atoms with Gasteiger partial charge in [-0.05, 0) is 26.7 Å². The molecular weight excluding hydrogens is 210 g/mol. The third kappa shape index (κ3) is 2.93. The van der Waals surface area contributed by atoms with Crippen LogP contribution in [0, 0.1) is 0 Å². The van der Waals surface area contributed by atoms with Crippen molar-refractivity contribution in [2.45, 2.75) is 37.8 Å². The van der Waals surface area contributed by atoms with E-state index in [0.29, 0.717) is 26.1 Å². The number of aliphatic hydroxyl groups is 1. The van der Waals surface area contributed by atoms with Gasteiger partial charge in [0, 0.05) is 20.3 Å². The van der Waals surface area contributed by atoms with Crippen LogP contribution in [0.15, 0.2) is 0 Å². The molecular formula is C11H21NO4. The number of hydrogen-bond acceptors (Lipinski definition) is 4. The Hall–Kier alpha value is -0.650. The summed E-state index contributed by atoms with van der Waals surface area (Å²) in [5.74, 6) is -0.203. The van der Waals surface area contributed by atoms with Crippen LogP contribution in [0.25, 0.3) is 0 Å². The highest BCUT2D eigenvalue weighted by molar-refractivity contribution is 5.85. The molecule has 0 saturated carbocycles. The van der Waals surface area contributed by atoms with Gasteiger partial charge in [-0.15, -0.1) is 0 Å². The minimum absolute atomic E-state index is 0.0676. The molecule has 1 aliphatic heterocycles. The molecule has 0 atom stereocenters. The second kappa shape index (κ2) is 5.12. The van der Waals surface area contributed by atoms with E-state index in [2.05, 4.69) is 5.32 Å². The van der Waals surface area contributed by atoms with Crippen molar-refractivity contribution in [3.63, 3.8) is 0 Å². The SMILES string of the molecule is COC(C)(C)C(=O)NC1(CO)CCOCC1. The zero-order chi connectivity index (χ0) is 12.2. The van der Waals surface area contributed by atoms with Crippen LogP contribution < -0.4 is 5.32 Å². The van der Waals surface area contributed by atoms with Crippen molar-refractivity contribution in [2.75, 3.05) is 26.9 Å². The van der Waals surface area contributed by atoms with Gasteiger partial charge in [-0.3, -0.25) is 4.79 Å². The van der Waals surface area contributed by atoms with Crippen molar-refractivity contribution in [3.8, 4) is 0 Å². The molecule has 1 heterocycles. The predicted molar refractivity (Wildman–Crippen MR) is 59.1 cm³/mol. The number of carbonyl (C=O) groups excluding carboxylic acids is 1. The zero-order valence-electron chi connectivity index (χ0n) is 10.2. The fraction of sp³-hybridized carbons (Fsp3) is 0.909. The van der Waals surface area contributed by atoms with E-state index in [9.17, 15) is 9.90 Å². The fourth-order valence-corrected chi connectivity index (χ4v) is 1.57. The van der Waals surface area contributed by atoms with Crippen molar-refractivity contribution in [1.29, 1.82) is 0 Å². The lowest BCUT2D eigenvalue weighted by Crippen LogP contribution is -2.59. The van der Waals surface area contributed by atoms with Crippen molar-refractivity contribution in [3.05, 3.63) is 0 Å². The van der Waals surface area contributed by atoms with E-state index in [-0.39, 0.29) is 12.5 Å². The Bertz CT molecular complexity index is 246. The predicted octanol–water partition coefficient (Wildman–Crippen LogP) is 0.0691. The Balaban J connectivity index is 2.66. The quantitative estimate of drug-likeness (QED) is 0.718. The number of hydrogen-bond donors (Lipinski definition) is 2. The number of rotatable bonds is 4. The van der Waals surface area contributed by atoms with Crippen molar-refractivity contribution >= 4 is 5.91 Å². The number of amides is 1. The summed E-state index contributed by atoms with van der Waals surface area (Å²) in [6.07, 6.45) is 1.27. The topological polar surface area (TPSA) is 67.8 Å². The summed E-state index contributed by atoms with van der Waals surface area (Å²) in [5, 5.41) is 12.3. The smallest absolute Gasteiger partial charge is 0.252 e. The number of carbonyl (C=O) groups is 1. The van der Waals surface area contributed by atoms with Crippen molar-refractivity contribution < 1.29 is 19.4 Å². The molecule has 5 nitrogen and oxygen atoms in total. The van der Waals surface area contributed by atoms with Gasteiger partial charge in [0.25, 0.3) is 5.91 Å². The first kappa shape index (κ1) is 13.4. The highest BCUT2D eigenvalue weighted by Crippen LogP contribution is 2.21. The third-order valence-corrected chi connectivity index (χ3v) is 3.19. The average molecular weight is 231 g/mol. The summed E-state index contributed by atoms with van der Waals surface area (Å²) in [6, 6.07) is 0. The van der Waals surface area contributed by atoms with Gasteiger partial charge in [-0.25, -0.2) is 0 Å². The van der Waals surface area contributed by atoms with Crippen LogP contribution in [0.4, 0.5) is 0 Å². The molecule has 1 amide bonds. The first-order chi connectivity index (χ1) is 7.46. The number of aliphatic hydroxyl groups excluding tert-OH is 1. The average Bonchev–Trinajstić information content (AvgIpc) is 2.30. The van der Waals surface area contributed by atoms with Crippen molar-refractivity contribution in [2.24, 2.45) is 0 Å². The second-order valence-electron chi connectivity index (χ2n) is 4.72. The molecule has 94 valence electrons. The summed E-state index contributed by atoms with van der Waals surface area (Å²) in [7, 11) is 1.50. The molecule has 1 fully saturated rings. The minimum atomic E-state index is -0.875. The summed E-state index contributed by atoms with van der Waals surface area (Å²) in [5.41, 5.74) is -1.42. The molecule has 0 radical (unpaired) electrons. The molecule has 1 rings (SSSR count). The first-order valence-electron chi connectivity index (χ1n) is 5.52. The van der Waals surface area contributed by atoms with Crippen LogP contribution in [0.1, 0.15) is 26.7 Å². The molecule has 1 aliphatic rings. The molecule has 0 spiro atoms. The molecule has 0 aromatic heterocycles. The molecule has 0 aromatic rings. The van der Waals surface area contributed by atoms with Gasteiger partial charge < -0.3 is 19.9 Å². The van der Waals surface area contributed by atoms with Crippen molar-refractivity contribution in [1.82, 2.24) is 5.32 Å². The first-order valence-corrected chi connectivity index (χ1v) is 5.52. The Kier molecular flexibility index (Phi) is 4.29. The summed E-state index contributed by atoms with van der Waals surface area (Å²) < 4.78 is 10.3. The number of methoxy groups -OCH3 is 1. The van der Waals surface area contributed by atoms with E-state index in [1.807, 2.05) is 0 Å². The Labute approximate surface area is 96.1 Å². The number of nitrogens with one attached hydrogen (secondary N) is 1. The Morgan fingerprint density at radius 2 is 2.06 bits per heavy atom. The fourth-order valence-electron chi connectivity index (χ4n) is 1.57. The Morgan fingerprint density at radius 1 is 1.50 bits per heavy atom. The van der Waals surface area contributed by atoms with Crippen LogP contribution in [-0.4, -0.2) is 49.1 Å². The van der Waals surface area contributed by atoms with E-state index in [4.69, 9.17) is 9.47 Å². The maximum atomic E-state index is 11.9. The maximum absolute atomic E-state index is 11.9. The van der Waals surface area contributed by atoms with Crippen LogP contribution in [0.5, 0.6) is 0 Å². The zero-order valence-corrected chi connectivity index (χ0v) is 10.2.